The molecule has 2 unspecified atom stereocenters. The first kappa shape index (κ1) is 21.0. The van der Waals surface area contributed by atoms with Gasteiger partial charge in [0, 0.05) is 18.2 Å². The lowest BCUT2D eigenvalue weighted by molar-refractivity contribution is 0.191. The Morgan fingerprint density at radius 1 is 1.25 bits per heavy atom. The molecule has 0 aliphatic heterocycles. The van der Waals surface area contributed by atoms with Gasteiger partial charge in [0.1, 0.15) is 0 Å². The van der Waals surface area contributed by atoms with E-state index >= 15 is 0 Å². The number of ether oxygens (including phenoxy) is 2. The minimum Gasteiger partial charge on any atom is -0.493 e. The summed E-state index contributed by atoms with van der Waals surface area (Å²) in [5.74, 6) is 1.08. The van der Waals surface area contributed by atoms with Crippen molar-refractivity contribution in [1.82, 2.24) is 4.72 Å². The fraction of sp³-hybridized carbons (Fsp3) is 0.625. The van der Waals surface area contributed by atoms with Crippen LogP contribution in [0.4, 0.5) is 0 Å². The van der Waals surface area contributed by atoms with Crippen LogP contribution in [0.5, 0.6) is 11.5 Å². The van der Waals surface area contributed by atoms with E-state index < -0.39 is 15.6 Å². The second-order valence-electron chi connectivity index (χ2n) is 6.13. The molecule has 138 valence electrons. The molecule has 1 aliphatic rings. The molecule has 1 saturated carbocycles. The maximum absolute atomic E-state index is 12.8. The second kappa shape index (κ2) is 8.38. The van der Waals surface area contributed by atoms with E-state index in [1.165, 1.54) is 26.4 Å². The third-order valence-corrected chi connectivity index (χ3v) is 6.37. The smallest absolute Gasteiger partial charge is 0.241 e. The van der Waals surface area contributed by atoms with Gasteiger partial charge < -0.3 is 15.2 Å². The number of benzene rings is 1. The van der Waals surface area contributed by atoms with Crippen LogP contribution < -0.4 is 19.9 Å². The Hall–Kier alpha value is -1.02. The Morgan fingerprint density at radius 2 is 1.92 bits per heavy atom. The van der Waals surface area contributed by atoms with Gasteiger partial charge in [0.05, 0.1) is 19.1 Å². The number of methoxy groups -OCH3 is 2. The monoisotopic (exact) mass is 378 g/mol. The SMILES string of the molecule is COc1ccc(S(=O)(=O)NC2(CN)CCCCC2C)cc1OC.Cl. The van der Waals surface area contributed by atoms with Gasteiger partial charge >= 0.3 is 0 Å². The van der Waals surface area contributed by atoms with Crippen LogP contribution in [-0.2, 0) is 10.0 Å². The van der Waals surface area contributed by atoms with E-state index in [2.05, 4.69) is 11.6 Å². The zero-order valence-corrected chi connectivity index (χ0v) is 16.0. The summed E-state index contributed by atoms with van der Waals surface area (Å²) in [4.78, 5) is 0.153. The van der Waals surface area contributed by atoms with Crippen LogP contribution in [0.2, 0.25) is 0 Å². The molecule has 2 atom stereocenters. The van der Waals surface area contributed by atoms with Gasteiger partial charge in [0.15, 0.2) is 11.5 Å². The summed E-state index contributed by atoms with van der Waals surface area (Å²) in [5.41, 5.74) is 5.36. The number of halogens is 1. The highest BCUT2D eigenvalue weighted by Crippen LogP contribution is 2.35. The normalized spacial score (nSPS) is 24.1. The molecule has 0 amide bonds. The van der Waals surface area contributed by atoms with Crippen LogP contribution in [0.25, 0.3) is 0 Å². The van der Waals surface area contributed by atoms with Crippen molar-refractivity contribution < 1.29 is 17.9 Å². The van der Waals surface area contributed by atoms with E-state index in [9.17, 15) is 8.42 Å². The maximum Gasteiger partial charge on any atom is 0.241 e. The van der Waals surface area contributed by atoms with Gasteiger partial charge in [-0.1, -0.05) is 19.8 Å². The molecule has 1 aromatic rings. The first-order chi connectivity index (χ1) is 10.9. The molecule has 1 aliphatic carbocycles. The topological polar surface area (TPSA) is 90.7 Å². The molecule has 0 aromatic heterocycles. The van der Waals surface area contributed by atoms with E-state index in [0.29, 0.717) is 18.0 Å². The molecular formula is C16H27ClN2O4S. The number of sulfonamides is 1. The van der Waals surface area contributed by atoms with Crippen LogP contribution in [0.1, 0.15) is 32.6 Å². The van der Waals surface area contributed by atoms with Crippen LogP contribution in [0.3, 0.4) is 0 Å². The molecule has 3 N–H and O–H groups in total. The molecule has 0 radical (unpaired) electrons. The quantitative estimate of drug-likeness (QED) is 0.792. The molecule has 24 heavy (non-hydrogen) atoms. The van der Waals surface area contributed by atoms with E-state index in [-0.39, 0.29) is 23.2 Å². The van der Waals surface area contributed by atoms with Gasteiger partial charge in [0.2, 0.25) is 10.0 Å². The van der Waals surface area contributed by atoms with Crippen LogP contribution >= 0.6 is 12.4 Å². The van der Waals surface area contributed by atoms with Gasteiger partial charge in [-0.05, 0) is 30.9 Å². The lowest BCUT2D eigenvalue weighted by atomic mass is 9.74. The summed E-state index contributed by atoms with van der Waals surface area (Å²) in [6.45, 7) is 2.35. The lowest BCUT2D eigenvalue weighted by Gasteiger charge is -2.42. The maximum atomic E-state index is 12.8. The summed E-state index contributed by atoms with van der Waals surface area (Å²) in [7, 11) is -0.697. The number of nitrogens with one attached hydrogen (secondary N) is 1. The molecule has 2 rings (SSSR count). The predicted molar refractivity (Wildman–Crippen MR) is 96.5 cm³/mol. The van der Waals surface area contributed by atoms with Gasteiger partial charge in [-0.2, -0.15) is 0 Å². The molecule has 0 bridgehead atoms. The van der Waals surface area contributed by atoms with Crippen molar-refractivity contribution in [1.29, 1.82) is 0 Å². The zero-order chi connectivity index (χ0) is 17.1. The van der Waals surface area contributed by atoms with Gasteiger partial charge in [-0.3, -0.25) is 0 Å². The number of rotatable bonds is 6. The summed E-state index contributed by atoms with van der Waals surface area (Å²) in [6, 6.07) is 4.58. The molecule has 0 spiro atoms. The highest BCUT2D eigenvalue weighted by molar-refractivity contribution is 7.89. The molecule has 8 heteroatoms. The Bertz CT molecular complexity index is 653. The number of hydrogen-bond acceptors (Lipinski definition) is 5. The van der Waals surface area contributed by atoms with Crippen LogP contribution in [-0.4, -0.2) is 34.7 Å². The summed E-state index contributed by atoms with van der Waals surface area (Å²) < 4.78 is 38.8. The predicted octanol–water partition coefficient (Wildman–Crippen LogP) is 2.31. The average Bonchev–Trinajstić information content (AvgIpc) is 2.56. The molecule has 0 heterocycles. The fourth-order valence-corrected chi connectivity index (χ4v) is 4.77. The minimum atomic E-state index is -3.69. The number of hydrogen-bond donors (Lipinski definition) is 2. The van der Waals surface area contributed by atoms with Crippen molar-refractivity contribution in [3.8, 4) is 11.5 Å². The zero-order valence-electron chi connectivity index (χ0n) is 14.4. The summed E-state index contributed by atoms with van der Waals surface area (Å²) in [6.07, 6.45) is 3.83. The van der Waals surface area contributed by atoms with Crippen molar-refractivity contribution in [3.63, 3.8) is 0 Å². The number of nitrogens with two attached hydrogens (primary N) is 1. The van der Waals surface area contributed by atoms with E-state index in [1.54, 1.807) is 6.07 Å². The van der Waals surface area contributed by atoms with E-state index in [4.69, 9.17) is 15.2 Å². The summed E-state index contributed by atoms with van der Waals surface area (Å²) >= 11 is 0. The highest BCUT2D eigenvalue weighted by Gasteiger charge is 2.40. The third-order valence-electron chi connectivity index (χ3n) is 4.82. The van der Waals surface area contributed by atoms with Crippen molar-refractivity contribution in [3.05, 3.63) is 18.2 Å². The van der Waals surface area contributed by atoms with Gasteiger partial charge in [-0.25, -0.2) is 13.1 Å². The minimum absolute atomic E-state index is 0. The standard InChI is InChI=1S/C16H26N2O4S.ClH/c1-12-6-4-5-9-16(12,11-17)18-23(19,20)13-7-8-14(21-2)15(10-13)22-3;/h7-8,10,12,18H,4-6,9,11,17H2,1-3H3;1H. The third kappa shape index (κ3) is 4.14. The first-order valence-electron chi connectivity index (χ1n) is 7.84. The first-order valence-corrected chi connectivity index (χ1v) is 9.33. The molecule has 1 aromatic carbocycles. The fourth-order valence-electron chi connectivity index (χ4n) is 3.22. The molecule has 1 fully saturated rings. The Kier molecular flexibility index (Phi) is 7.34. The molecular weight excluding hydrogens is 352 g/mol. The Morgan fingerprint density at radius 3 is 2.46 bits per heavy atom. The van der Waals surface area contributed by atoms with E-state index in [0.717, 1.165) is 25.7 Å². The average molecular weight is 379 g/mol. The second-order valence-corrected chi connectivity index (χ2v) is 7.81. The van der Waals surface area contributed by atoms with Crippen LogP contribution in [0, 0.1) is 5.92 Å². The van der Waals surface area contributed by atoms with Crippen molar-refractivity contribution in [2.45, 2.75) is 43.0 Å². The Balaban J connectivity index is 0.00000288. The van der Waals surface area contributed by atoms with Crippen molar-refractivity contribution >= 4 is 22.4 Å². The lowest BCUT2D eigenvalue weighted by Crippen LogP contribution is -2.58. The van der Waals surface area contributed by atoms with Crippen LogP contribution in [0.15, 0.2) is 23.1 Å². The van der Waals surface area contributed by atoms with Gasteiger partial charge in [-0.15, -0.1) is 12.4 Å². The highest BCUT2D eigenvalue weighted by atomic mass is 35.5. The largest absolute Gasteiger partial charge is 0.493 e. The van der Waals surface area contributed by atoms with Gasteiger partial charge in [0.25, 0.3) is 0 Å². The molecule has 6 nitrogen and oxygen atoms in total. The van der Waals surface area contributed by atoms with Crippen molar-refractivity contribution in [2.75, 3.05) is 20.8 Å². The van der Waals surface area contributed by atoms with Crippen molar-refractivity contribution in [2.24, 2.45) is 11.7 Å². The molecule has 0 saturated heterocycles. The Labute approximate surface area is 150 Å². The summed E-state index contributed by atoms with van der Waals surface area (Å²) in [5, 5.41) is 0. The van der Waals surface area contributed by atoms with E-state index in [1.807, 2.05) is 0 Å².